The van der Waals surface area contributed by atoms with Crippen LogP contribution in [0, 0.1) is 5.41 Å². The first kappa shape index (κ1) is 20.8. The number of rotatable bonds is 2. The van der Waals surface area contributed by atoms with Crippen molar-refractivity contribution < 1.29 is 4.74 Å². The van der Waals surface area contributed by atoms with E-state index in [4.69, 9.17) is 4.74 Å². The lowest BCUT2D eigenvalue weighted by atomic mass is 9.71. The molecular formula is C20H32Cl2N2O. The fourth-order valence-electron chi connectivity index (χ4n) is 4.70. The highest BCUT2D eigenvalue weighted by Crippen LogP contribution is 2.41. The molecule has 3 heterocycles. The summed E-state index contributed by atoms with van der Waals surface area (Å²) < 4.78 is 6.09. The molecule has 1 aromatic rings. The molecule has 1 spiro atoms. The minimum atomic E-state index is -0.0422. The molecule has 2 fully saturated rings. The Morgan fingerprint density at radius 2 is 1.72 bits per heavy atom. The molecule has 0 saturated carbocycles. The van der Waals surface area contributed by atoms with Crippen LogP contribution in [0.5, 0.6) is 5.75 Å². The van der Waals surface area contributed by atoms with Crippen LogP contribution in [0.3, 0.4) is 0 Å². The third-order valence-corrected chi connectivity index (χ3v) is 6.19. The predicted molar refractivity (Wildman–Crippen MR) is 108 cm³/mol. The normalized spacial score (nSPS) is 23.9. The fraction of sp³-hybridized carbons (Fsp3) is 0.700. The summed E-state index contributed by atoms with van der Waals surface area (Å²) >= 11 is 0. The van der Waals surface area contributed by atoms with Gasteiger partial charge in [0.1, 0.15) is 11.4 Å². The summed E-state index contributed by atoms with van der Waals surface area (Å²) in [7, 11) is 0. The van der Waals surface area contributed by atoms with Crippen LogP contribution in [-0.4, -0.2) is 36.7 Å². The maximum absolute atomic E-state index is 6.09. The standard InChI is InChI=1S/C20H30N2O.2ClH/c1-19(2)14-17-16(4-3-5-18(17)23-19)15-22-12-8-20(9-13-22)6-10-21-11-7-20;;/h3-5,21H,6-15H2,1-2H3;2*1H. The van der Waals surface area contributed by atoms with Crippen LogP contribution < -0.4 is 10.1 Å². The van der Waals surface area contributed by atoms with E-state index in [2.05, 4.69) is 42.3 Å². The molecule has 0 bridgehead atoms. The second kappa shape index (κ2) is 8.04. The van der Waals surface area contributed by atoms with Gasteiger partial charge < -0.3 is 10.1 Å². The first-order valence-electron chi connectivity index (χ1n) is 9.28. The minimum Gasteiger partial charge on any atom is -0.487 e. The molecule has 3 nitrogen and oxygen atoms in total. The Kier molecular flexibility index (Phi) is 6.70. The Labute approximate surface area is 164 Å². The number of piperidine rings is 2. The highest BCUT2D eigenvalue weighted by molar-refractivity contribution is 5.85. The molecule has 2 saturated heterocycles. The van der Waals surface area contributed by atoms with Crippen molar-refractivity contribution in [2.24, 2.45) is 5.41 Å². The van der Waals surface area contributed by atoms with Crippen molar-refractivity contribution in [3.8, 4) is 5.75 Å². The number of nitrogens with one attached hydrogen (secondary N) is 1. The van der Waals surface area contributed by atoms with Crippen molar-refractivity contribution >= 4 is 24.8 Å². The number of halogens is 2. The molecule has 0 aliphatic carbocycles. The molecule has 0 aromatic heterocycles. The first-order valence-corrected chi connectivity index (χ1v) is 9.28. The van der Waals surface area contributed by atoms with E-state index in [1.54, 1.807) is 0 Å². The van der Waals surface area contributed by atoms with E-state index < -0.39 is 0 Å². The molecule has 0 unspecified atom stereocenters. The zero-order valence-electron chi connectivity index (χ0n) is 15.5. The Hall–Kier alpha value is -0.480. The summed E-state index contributed by atoms with van der Waals surface area (Å²) in [6.45, 7) is 10.4. The molecule has 142 valence electrons. The molecule has 3 aliphatic rings. The van der Waals surface area contributed by atoms with Gasteiger partial charge in [0, 0.05) is 18.5 Å². The van der Waals surface area contributed by atoms with Crippen molar-refractivity contribution in [3.05, 3.63) is 29.3 Å². The Morgan fingerprint density at radius 3 is 2.40 bits per heavy atom. The van der Waals surface area contributed by atoms with Crippen LogP contribution in [0.1, 0.15) is 50.7 Å². The number of likely N-dealkylation sites (tertiary alicyclic amines) is 1. The number of hydrogen-bond acceptors (Lipinski definition) is 3. The molecule has 25 heavy (non-hydrogen) atoms. The molecule has 3 aliphatic heterocycles. The van der Waals surface area contributed by atoms with Gasteiger partial charge in [0.2, 0.25) is 0 Å². The second-order valence-corrected chi connectivity index (χ2v) is 8.46. The molecule has 1 aromatic carbocycles. The van der Waals surface area contributed by atoms with Crippen molar-refractivity contribution in [1.29, 1.82) is 0 Å². The summed E-state index contributed by atoms with van der Waals surface area (Å²) in [5.41, 5.74) is 3.53. The number of hydrogen-bond donors (Lipinski definition) is 1. The van der Waals surface area contributed by atoms with E-state index in [-0.39, 0.29) is 30.4 Å². The molecule has 0 amide bonds. The highest BCUT2D eigenvalue weighted by atomic mass is 35.5. The largest absolute Gasteiger partial charge is 0.487 e. The monoisotopic (exact) mass is 386 g/mol. The van der Waals surface area contributed by atoms with Crippen LogP contribution >= 0.6 is 24.8 Å². The van der Waals surface area contributed by atoms with E-state index in [1.807, 2.05) is 0 Å². The van der Waals surface area contributed by atoms with Gasteiger partial charge in [-0.2, -0.15) is 0 Å². The van der Waals surface area contributed by atoms with Crippen molar-refractivity contribution in [2.75, 3.05) is 26.2 Å². The Morgan fingerprint density at radius 1 is 1.04 bits per heavy atom. The molecular weight excluding hydrogens is 355 g/mol. The zero-order chi connectivity index (χ0) is 15.9. The smallest absolute Gasteiger partial charge is 0.123 e. The number of fused-ring (bicyclic) bond motifs is 1. The number of nitrogens with zero attached hydrogens (tertiary/aromatic N) is 1. The quantitative estimate of drug-likeness (QED) is 0.823. The van der Waals surface area contributed by atoms with Gasteiger partial charge in [-0.3, -0.25) is 4.90 Å². The second-order valence-electron chi connectivity index (χ2n) is 8.46. The number of ether oxygens (including phenoxy) is 1. The van der Waals surface area contributed by atoms with Gasteiger partial charge in [-0.15, -0.1) is 24.8 Å². The zero-order valence-corrected chi connectivity index (χ0v) is 17.1. The lowest BCUT2D eigenvalue weighted by Crippen LogP contribution is -2.45. The fourth-order valence-corrected chi connectivity index (χ4v) is 4.70. The predicted octanol–water partition coefficient (Wildman–Crippen LogP) is 4.21. The van der Waals surface area contributed by atoms with E-state index >= 15 is 0 Å². The molecule has 4 rings (SSSR count). The topological polar surface area (TPSA) is 24.5 Å². The lowest BCUT2D eigenvalue weighted by molar-refractivity contribution is 0.0700. The van der Waals surface area contributed by atoms with Gasteiger partial charge in [-0.1, -0.05) is 12.1 Å². The Bertz CT molecular complexity index is 575. The summed E-state index contributed by atoms with van der Waals surface area (Å²) in [5, 5.41) is 3.52. The highest BCUT2D eigenvalue weighted by Gasteiger charge is 2.36. The van der Waals surface area contributed by atoms with E-state index in [1.165, 1.54) is 63.0 Å². The average Bonchev–Trinajstić information content (AvgIpc) is 2.86. The first-order chi connectivity index (χ1) is 11.1. The van der Waals surface area contributed by atoms with Crippen LogP contribution in [0.15, 0.2) is 18.2 Å². The molecule has 1 N–H and O–H groups in total. The van der Waals surface area contributed by atoms with Crippen LogP contribution in [0.4, 0.5) is 0 Å². The van der Waals surface area contributed by atoms with Crippen LogP contribution in [0.2, 0.25) is 0 Å². The molecule has 0 radical (unpaired) electrons. The third-order valence-electron chi connectivity index (χ3n) is 6.19. The van der Waals surface area contributed by atoms with Crippen molar-refractivity contribution in [3.63, 3.8) is 0 Å². The summed E-state index contributed by atoms with van der Waals surface area (Å²) in [6.07, 6.45) is 6.56. The van der Waals surface area contributed by atoms with E-state index in [0.717, 1.165) is 18.7 Å². The summed E-state index contributed by atoms with van der Waals surface area (Å²) in [5.74, 6) is 1.11. The average molecular weight is 387 g/mol. The maximum Gasteiger partial charge on any atom is 0.123 e. The molecule has 0 atom stereocenters. The van der Waals surface area contributed by atoms with Gasteiger partial charge in [0.15, 0.2) is 0 Å². The SMILES string of the molecule is CC1(C)Cc2c(CN3CCC4(CCNCC4)CC3)cccc2O1.Cl.Cl. The summed E-state index contributed by atoms with van der Waals surface area (Å²) in [6, 6.07) is 6.60. The van der Waals surface area contributed by atoms with Gasteiger partial charge in [-0.25, -0.2) is 0 Å². The van der Waals surface area contributed by atoms with Crippen molar-refractivity contribution in [2.45, 2.75) is 58.1 Å². The Balaban J connectivity index is 0.00000113. The summed E-state index contributed by atoms with van der Waals surface area (Å²) in [4.78, 5) is 2.66. The van der Waals surface area contributed by atoms with Crippen molar-refractivity contribution in [1.82, 2.24) is 10.2 Å². The van der Waals surface area contributed by atoms with E-state index in [0.29, 0.717) is 5.41 Å². The minimum absolute atomic E-state index is 0. The van der Waals surface area contributed by atoms with E-state index in [9.17, 15) is 0 Å². The van der Waals surface area contributed by atoms with Crippen LogP contribution in [0.25, 0.3) is 0 Å². The lowest BCUT2D eigenvalue weighted by Gasteiger charge is -2.44. The van der Waals surface area contributed by atoms with Gasteiger partial charge in [-0.05, 0) is 82.8 Å². The van der Waals surface area contributed by atoms with Gasteiger partial charge >= 0.3 is 0 Å². The third kappa shape index (κ3) is 4.44. The number of benzene rings is 1. The molecule has 5 heteroatoms. The maximum atomic E-state index is 6.09. The van der Waals surface area contributed by atoms with Gasteiger partial charge in [0.25, 0.3) is 0 Å². The van der Waals surface area contributed by atoms with Crippen LogP contribution in [-0.2, 0) is 13.0 Å². The van der Waals surface area contributed by atoms with Gasteiger partial charge in [0.05, 0.1) is 0 Å².